The molecule has 1 N–H and O–H groups in total. The van der Waals surface area contributed by atoms with Gasteiger partial charge in [-0.3, -0.25) is 4.55 Å². The Morgan fingerprint density at radius 2 is 1.75 bits per heavy atom. The topological polar surface area (TPSA) is 46.5 Å². The van der Waals surface area contributed by atoms with E-state index in [0.29, 0.717) is 0 Å². The molecule has 9 heteroatoms. The van der Waals surface area contributed by atoms with Gasteiger partial charge in [0.05, 0.1) is 0 Å². The third kappa shape index (κ3) is 2.99. The van der Waals surface area contributed by atoms with E-state index in [0.717, 1.165) is 0 Å². The van der Waals surface area contributed by atoms with E-state index < -0.39 is 30.1 Å². The van der Waals surface area contributed by atoms with Crippen LogP contribution in [0.2, 0.25) is 0 Å². The smallest absolute Gasteiger partial charge is 0.284 e. The van der Waals surface area contributed by atoms with Crippen LogP contribution in [-0.2, 0) is 15.5 Å². The Bertz CT molecular complexity index is 173. The van der Waals surface area contributed by atoms with E-state index in [9.17, 15) is 26.2 Å². The van der Waals surface area contributed by atoms with Crippen molar-refractivity contribution in [1.29, 1.82) is 0 Å². The molecular weight excluding hydrogens is 211 g/mol. The van der Waals surface area contributed by atoms with Gasteiger partial charge in [-0.15, -0.1) is 0 Å². The van der Waals surface area contributed by atoms with Crippen LogP contribution < -0.4 is 0 Å². The predicted molar refractivity (Wildman–Crippen MR) is 27.7 cm³/mol. The van der Waals surface area contributed by atoms with Crippen LogP contribution in [0.3, 0.4) is 0 Å². The largest absolute Gasteiger partial charge is 0.362 e. The number of hydrogen-bond acceptors (Lipinski definition) is 2. The first-order chi connectivity index (χ1) is 5.28. The Hall–Kier alpha value is -0.280. The highest BCUT2D eigenvalue weighted by atomic mass is 32.2. The van der Waals surface area contributed by atoms with Gasteiger partial charge in [0, 0.05) is 0 Å². The molecule has 0 rings (SSSR count). The summed E-state index contributed by atoms with van der Waals surface area (Å²) in [5.41, 5.74) is 0. The van der Waals surface area contributed by atoms with Crippen molar-refractivity contribution in [3.05, 3.63) is 0 Å². The van der Waals surface area contributed by atoms with Crippen molar-refractivity contribution in [2.45, 2.75) is 18.7 Å². The average molecular weight is 214 g/mol. The minimum atomic E-state index is -5.08. The van der Waals surface area contributed by atoms with E-state index >= 15 is 0 Å². The second-order valence-electron chi connectivity index (χ2n) is 1.60. The Labute approximate surface area is 66.0 Å². The van der Waals surface area contributed by atoms with Crippen LogP contribution in [-0.4, -0.2) is 27.5 Å². The molecule has 0 radical (unpaired) electrons. The maximum Gasteiger partial charge on any atom is 0.362 e. The Kier molecular flexibility index (Phi) is 4.00. The average Bonchev–Trinajstić information content (AvgIpc) is 1.85. The molecule has 0 aliphatic rings. The molecule has 0 heterocycles. The standard InChI is InChI=1S/C3H3F5O3S/c4-1(5)3(7,8)2(6)11-12(9)10/h1-2H,(H,9,10). The molecule has 12 heavy (non-hydrogen) atoms. The van der Waals surface area contributed by atoms with Gasteiger partial charge in [-0.05, 0) is 0 Å². The quantitative estimate of drug-likeness (QED) is 0.567. The molecule has 0 aromatic heterocycles. The minimum absolute atomic E-state index is 2.91. The summed E-state index contributed by atoms with van der Waals surface area (Å²) < 4.78 is 78.2. The molecule has 74 valence electrons. The van der Waals surface area contributed by atoms with Gasteiger partial charge in [0.25, 0.3) is 6.36 Å². The lowest BCUT2D eigenvalue weighted by molar-refractivity contribution is -0.220. The summed E-state index contributed by atoms with van der Waals surface area (Å²) in [5, 5.41) is 0. The van der Waals surface area contributed by atoms with E-state index in [1.54, 1.807) is 0 Å². The molecule has 0 aromatic carbocycles. The van der Waals surface area contributed by atoms with Crippen molar-refractivity contribution in [1.82, 2.24) is 0 Å². The van der Waals surface area contributed by atoms with Crippen molar-refractivity contribution in [3.63, 3.8) is 0 Å². The van der Waals surface area contributed by atoms with Crippen molar-refractivity contribution >= 4 is 11.4 Å². The number of hydrogen-bond donors (Lipinski definition) is 1. The fourth-order valence-electron chi connectivity index (χ4n) is 0.235. The number of rotatable bonds is 4. The second-order valence-corrected chi connectivity index (χ2v) is 2.23. The Balaban J connectivity index is 4.24. The Morgan fingerprint density at radius 3 is 2.00 bits per heavy atom. The molecule has 3 nitrogen and oxygen atoms in total. The zero-order valence-electron chi connectivity index (χ0n) is 5.22. The van der Waals surface area contributed by atoms with Gasteiger partial charge >= 0.3 is 23.7 Å². The van der Waals surface area contributed by atoms with Crippen LogP contribution in [0.15, 0.2) is 0 Å². The SMILES string of the molecule is O=S(O)OC(F)C(F)(F)C(F)F. The lowest BCUT2D eigenvalue weighted by Gasteiger charge is -2.17. The third-order valence-electron chi connectivity index (χ3n) is 0.760. The fraction of sp³-hybridized carbons (Fsp3) is 1.00. The maximum atomic E-state index is 11.9. The molecule has 0 saturated heterocycles. The highest BCUT2D eigenvalue weighted by molar-refractivity contribution is 7.74. The van der Waals surface area contributed by atoms with E-state index in [4.69, 9.17) is 4.55 Å². The second kappa shape index (κ2) is 4.10. The summed E-state index contributed by atoms with van der Waals surface area (Å²) in [4.78, 5) is 0. The van der Waals surface area contributed by atoms with Crippen LogP contribution in [0.1, 0.15) is 0 Å². The van der Waals surface area contributed by atoms with Crippen molar-refractivity contribution in [2.24, 2.45) is 0 Å². The van der Waals surface area contributed by atoms with E-state index in [-0.39, 0.29) is 0 Å². The van der Waals surface area contributed by atoms with E-state index in [1.807, 2.05) is 0 Å². The normalized spacial score (nSPS) is 17.9. The van der Waals surface area contributed by atoms with Gasteiger partial charge < -0.3 is 0 Å². The highest BCUT2D eigenvalue weighted by Gasteiger charge is 2.51. The monoisotopic (exact) mass is 214 g/mol. The Morgan fingerprint density at radius 1 is 1.33 bits per heavy atom. The summed E-state index contributed by atoms with van der Waals surface area (Å²) in [7, 11) is 0. The first-order valence-electron chi connectivity index (χ1n) is 2.36. The first kappa shape index (κ1) is 11.7. The molecule has 0 spiro atoms. The van der Waals surface area contributed by atoms with Gasteiger partial charge in [-0.2, -0.15) is 13.0 Å². The summed E-state index contributed by atoms with van der Waals surface area (Å²) in [6.45, 7) is 0. The van der Waals surface area contributed by atoms with Crippen LogP contribution in [0, 0.1) is 0 Å². The molecule has 2 atom stereocenters. The third-order valence-corrected chi connectivity index (χ3v) is 1.09. The molecule has 0 amide bonds. The predicted octanol–water partition coefficient (Wildman–Crippen LogP) is 1.34. The summed E-state index contributed by atoms with van der Waals surface area (Å²) >= 11 is -3.35. The summed E-state index contributed by atoms with van der Waals surface area (Å²) in [5.74, 6) is -5.08. The number of halogens is 5. The lowest BCUT2D eigenvalue weighted by Crippen LogP contribution is -2.39. The molecule has 2 unspecified atom stereocenters. The van der Waals surface area contributed by atoms with Crippen LogP contribution in [0.25, 0.3) is 0 Å². The highest BCUT2D eigenvalue weighted by Crippen LogP contribution is 2.29. The first-order valence-corrected chi connectivity index (χ1v) is 3.39. The van der Waals surface area contributed by atoms with Gasteiger partial charge in [0.1, 0.15) is 0 Å². The van der Waals surface area contributed by atoms with Crippen LogP contribution >= 0.6 is 0 Å². The van der Waals surface area contributed by atoms with E-state index in [1.165, 1.54) is 0 Å². The van der Waals surface area contributed by atoms with Gasteiger partial charge in [-0.25, -0.2) is 17.4 Å². The molecular formula is C3H3F5O3S. The zero-order chi connectivity index (χ0) is 9.94. The van der Waals surface area contributed by atoms with Crippen LogP contribution in [0.5, 0.6) is 0 Å². The van der Waals surface area contributed by atoms with Crippen LogP contribution in [0.4, 0.5) is 22.0 Å². The number of alkyl halides is 5. The molecule has 0 bridgehead atoms. The van der Waals surface area contributed by atoms with Crippen molar-refractivity contribution in [3.8, 4) is 0 Å². The molecule has 0 aliphatic heterocycles. The molecule has 0 saturated carbocycles. The molecule has 0 aromatic rings. The van der Waals surface area contributed by atoms with Gasteiger partial charge in [0.15, 0.2) is 0 Å². The minimum Gasteiger partial charge on any atom is -0.284 e. The van der Waals surface area contributed by atoms with Crippen molar-refractivity contribution < 1.29 is 34.9 Å². The summed E-state index contributed by atoms with van der Waals surface area (Å²) in [6, 6.07) is 0. The fourth-order valence-corrected chi connectivity index (χ4v) is 0.508. The maximum absolute atomic E-state index is 11.9. The zero-order valence-corrected chi connectivity index (χ0v) is 6.03. The van der Waals surface area contributed by atoms with Crippen molar-refractivity contribution in [2.75, 3.05) is 0 Å². The molecule has 0 fully saturated rings. The van der Waals surface area contributed by atoms with Gasteiger partial charge in [0.2, 0.25) is 0 Å². The van der Waals surface area contributed by atoms with Gasteiger partial charge in [-0.1, -0.05) is 0 Å². The summed E-state index contributed by atoms with van der Waals surface area (Å²) in [6.07, 6.45) is -8.10. The lowest BCUT2D eigenvalue weighted by atomic mass is 10.4. The van der Waals surface area contributed by atoms with E-state index in [2.05, 4.69) is 4.18 Å². The molecule has 0 aliphatic carbocycles.